The molecule has 0 spiro atoms. The van der Waals surface area contributed by atoms with Gasteiger partial charge in [-0.1, -0.05) is 0 Å². The highest BCUT2D eigenvalue weighted by Crippen LogP contribution is 2.30. The summed E-state index contributed by atoms with van der Waals surface area (Å²) >= 11 is 1.39. The van der Waals surface area contributed by atoms with Crippen LogP contribution >= 0.6 is 11.3 Å². The molecule has 0 aliphatic rings. The Balaban J connectivity index is 2.15. The molecule has 0 saturated carbocycles. The van der Waals surface area contributed by atoms with Crippen LogP contribution in [0.5, 0.6) is 0 Å². The van der Waals surface area contributed by atoms with Gasteiger partial charge in [0.25, 0.3) is 0 Å². The second-order valence-corrected chi connectivity index (χ2v) is 4.55. The number of hydrogen-bond acceptors (Lipinski definition) is 5. The Hall–Kier alpha value is -1.54. The number of aliphatic hydroxyl groups excluding tert-OH is 1. The quantitative estimate of drug-likeness (QED) is 0.752. The Morgan fingerprint density at radius 2 is 2.17 bits per heavy atom. The molecule has 18 heavy (non-hydrogen) atoms. The van der Waals surface area contributed by atoms with Gasteiger partial charge in [-0.3, -0.25) is 0 Å². The van der Waals surface area contributed by atoms with E-state index in [1.54, 1.807) is 17.6 Å². The summed E-state index contributed by atoms with van der Waals surface area (Å²) in [5, 5.41) is 11.3. The molecule has 4 N–H and O–H groups in total. The second-order valence-electron chi connectivity index (χ2n) is 3.66. The summed E-state index contributed by atoms with van der Waals surface area (Å²) in [5.74, 6) is 0. The molecule has 2 aromatic rings. The second kappa shape index (κ2) is 4.62. The fourth-order valence-corrected chi connectivity index (χ4v) is 2.12. The third-order valence-corrected chi connectivity index (χ3v) is 3.20. The van der Waals surface area contributed by atoms with E-state index in [0.29, 0.717) is 11.2 Å². The fourth-order valence-electron chi connectivity index (χ4n) is 1.43. The maximum Gasteiger partial charge on any atom is 0.416 e. The molecular weight excluding hydrogens is 267 g/mol. The SMILES string of the molecule is Nc1c(NCC(O)C(F)(F)F)ccc2scnc12. The number of nitrogens with zero attached hydrogens (tertiary/aromatic N) is 1. The minimum Gasteiger partial charge on any atom is -0.395 e. The van der Waals surface area contributed by atoms with E-state index < -0.39 is 18.8 Å². The lowest BCUT2D eigenvalue weighted by molar-refractivity contribution is -0.198. The van der Waals surface area contributed by atoms with Crippen LogP contribution in [0.2, 0.25) is 0 Å². The third-order valence-electron chi connectivity index (χ3n) is 2.41. The van der Waals surface area contributed by atoms with E-state index in [1.807, 2.05) is 0 Å². The van der Waals surface area contributed by atoms with Crippen molar-refractivity contribution in [3.63, 3.8) is 0 Å². The van der Waals surface area contributed by atoms with E-state index >= 15 is 0 Å². The van der Waals surface area contributed by atoms with Gasteiger partial charge in [0.2, 0.25) is 0 Å². The monoisotopic (exact) mass is 277 g/mol. The van der Waals surface area contributed by atoms with Crippen molar-refractivity contribution < 1.29 is 18.3 Å². The first kappa shape index (κ1) is 12.9. The molecular formula is C10H10F3N3OS. The smallest absolute Gasteiger partial charge is 0.395 e. The number of benzene rings is 1. The maximum absolute atomic E-state index is 12.1. The third kappa shape index (κ3) is 2.49. The Labute approximate surface area is 104 Å². The number of aliphatic hydroxyl groups is 1. The lowest BCUT2D eigenvalue weighted by Crippen LogP contribution is -2.35. The number of nitrogens with two attached hydrogens (primary N) is 1. The lowest BCUT2D eigenvalue weighted by atomic mass is 10.2. The highest BCUT2D eigenvalue weighted by molar-refractivity contribution is 7.16. The van der Waals surface area contributed by atoms with Crippen LogP contribution < -0.4 is 11.1 Å². The zero-order chi connectivity index (χ0) is 13.3. The first-order chi connectivity index (χ1) is 8.39. The summed E-state index contributed by atoms with van der Waals surface area (Å²) in [4.78, 5) is 4.02. The van der Waals surface area contributed by atoms with Crippen molar-refractivity contribution in [2.24, 2.45) is 0 Å². The summed E-state index contributed by atoms with van der Waals surface area (Å²) < 4.78 is 37.2. The summed E-state index contributed by atoms with van der Waals surface area (Å²) in [6.45, 7) is -0.649. The Kier molecular flexibility index (Phi) is 3.31. The number of alkyl halides is 3. The van der Waals surface area contributed by atoms with Gasteiger partial charge in [-0.2, -0.15) is 13.2 Å². The molecule has 98 valence electrons. The Morgan fingerprint density at radius 3 is 2.83 bits per heavy atom. The minimum absolute atomic E-state index is 0.281. The van der Waals surface area contributed by atoms with Crippen LogP contribution in [0.3, 0.4) is 0 Å². The predicted molar refractivity (Wildman–Crippen MR) is 64.6 cm³/mol. The number of nitrogen functional groups attached to an aromatic ring is 1. The van der Waals surface area contributed by atoms with Gasteiger partial charge in [-0.25, -0.2) is 4.98 Å². The number of halogens is 3. The van der Waals surface area contributed by atoms with Crippen molar-refractivity contribution in [3.8, 4) is 0 Å². The molecule has 8 heteroatoms. The minimum atomic E-state index is -4.65. The molecule has 4 nitrogen and oxygen atoms in total. The van der Waals surface area contributed by atoms with E-state index in [9.17, 15) is 13.2 Å². The molecule has 0 bridgehead atoms. The largest absolute Gasteiger partial charge is 0.416 e. The number of fused-ring (bicyclic) bond motifs is 1. The van der Waals surface area contributed by atoms with Crippen molar-refractivity contribution in [3.05, 3.63) is 17.6 Å². The van der Waals surface area contributed by atoms with Gasteiger partial charge >= 0.3 is 6.18 Å². The highest BCUT2D eigenvalue weighted by atomic mass is 32.1. The standard InChI is InChI=1S/C10H10F3N3OS/c11-10(12,13)7(17)3-15-5-1-2-6-9(8(5)14)16-4-18-6/h1-2,4,7,15,17H,3,14H2. The average molecular weight is 277 g/mol. The highest BCUT2D eigenvalue weighted by Gasteiger charge is 2.37. The molecule has 0 fully saturated rings. The van der Waals surface area contributed by atoms with Crippen molar-refractivity contribution in [2.45, 2.75) is 12.3 Å². The number of aromatic nitrogens is 1. The van der Waals surface area contributed by atoms with Gasteiger partial charge in [0, 0.05) is 6.54 Å². The van der Waals surface area contributed by atoms with E-state index in [1.165, 1.54) is 11.3 Å². The first-order valence-electron chi connectivity index (χ1n) is 5.00. The average Bonchev–Trinajstić information content (AvgIpc) is 2.75. The maximum atomic E-state index is 12.1. The predicted octanol–water partition coefficient (Wildman–Crippen LogP) is 2.21. The number of rotatable bonds is 3. The van der Waals surface area contributed by atoms with Crippen molar-refractivity contribution in [1.29, 1.82) is 0 Å². The Bertz CT molecular complexity index is 555. The van der Waals surface area contributed by atoms with E-state index in [4.69, 9.17) is 10.8 Å². The molecule has 1 aromatic heterocycles. The van der Waals surface area contributed by atoms with Gasteiger partial charge in [-0.05, 0) is 12.1 Å². The van der Waals surface area contributed by atoms with Gasteiger partial charge in [0.1, 0.15) is 5.52 Å². The molecule has 0 aliphatic heterocycles. The molecule has 0 radical (unpaired) electrons. The summed E-state index contributed by atoms with van der Waals surface area (Å²) in [6.07, 6.45) is -7.07. The molecule has 0 amide bonds. The summed E-state index contributed by atoms with van der Waals surface area (Å²) in [6, 6.07) is 3.28. The number of hydrogen-bond donors (Lipinski definition) is 3. The van der Waals surface area contributed by atoms with Crippen LogP contribution in [0.25, 0.3) is 10.2 Å². The van der Waals surface area contributed by atoms with Gasteiger partial charge in [-0.15, -0.1) is 11.3 Å². The van der Waals surface area contributed by atoms with Crippen LogP contribution in [-0.2, 0) is 0 Å². The van der Waals surface area contributed by atoms with Gasteiger partial charge in [0.05, 0.1) is 21.6 Å². The number of nitrogens with one attached hydrogen (secondary N) is 1. The molecule has 1 atom stereocenters. The van der Waals surface area contributed by atoms with Crippen LogP contribution in [0, 0.1) is 0 Å². The van der Waals surface area contributed by atoms with Crippen LogP contribution in [0.15, 0.2) is 17.6 Å². The molecule has 0 aliphatic carbocycles. The summed E-state index contributed by atoms with van der Waals surface area (Å²) in [5.41, 5.74) is 8.54. The zero-order valence-electron chi connectivity index (χ0n) is 9.03. The van der Waals surface area contributed by atoms with Crippen LogP contribution in [-0.4, -0.2) is 28.9 Å². The van der Waals surface area contributed by atoms with E-state index in [2.05, 4.69) is 10.3 Å². The Morgan fingerprint density at radius 1 is 1.44 bits per heavy atom. The fraction of sp³-hybridized carbons (Fsp3) is 0.300. The van der Waals surface area contributed by atoms with Crippen LogP contribution in [0.4, 0.5) is 24.5 Å². The van der Waals surface area contributed by atoms with Crippen molar-refractivity contribution in [1.82, 2.24) is 4.98 Å². The topological polar surface area (TPSA) is 71.2 Å². The van der Waals surface area contributed by atoms with Gasteiger partial charge < -0.3 is 16.2 Å². The molecule has 1 heterocycles. The number of anilines is 2. The van der Waals surface area contributed by atoms with E-state index in [0.717, 1.165) is 4.70 Å². The van der Waals surface area contributed by atoms with Gasteiger partial charge in [0.15, 0.2) is 6.10 Å². The van der Waals surface area contributed by atoms with Crippen molar-refractivity contribution in [2.75, 3.05) is 17.6 Å². The lowest BCUT2D eigenvalue weighted by Gasteiger charge is -2.16. The zero-order valence-corrected chi connectivity index (χ0v) is 9.85. The number of thiazole rings is 1. The summed E-state index contributed by atoms with van der Waals surface area (Å²) in [7, 11) is 0. The van der Waals surface area contributed by atoms with E-state index in [-0.39, 0.29) is 5.69 Å². The molecule has 2 rings (SSSR count). The molecule has 0 saturated heterocycles. The molecule has 1 unspecified atom stereocenters. The van der Waals surface area contributed by atoms with Crippen molar-refractivity contribution >= 4 is 32.9 Å². The normalized spacial score (nSPS) is 13.8. The molecule has 1 aromatic carbocycles. The van der Waals surface area contributed by atoms with Crippen LogP contribution in [0.1, 0.15) is 0 Å². The first-order valence-corrected chi connectivity index (χ1v) is 5.88.